The van der Waals surface area contributed by atoms with Gasteiger partial charge >= 0.3 is 0 Å². The van der Waals surface area contributed by atoms with E-state index in [-0.39, 0.29) is 0 Å². The summed E-state index contributed by atoms with van der Waals surface area (Å²) in [5.41, 5.74) is 1.75. The average molecular weight is 301 g/mol. The lowest BCUT2D eigenvalue weighted by atomic mass is 10.2. The number of thiocarbonyl (C=S) groups is 1. The monoisotopic (exact) mass is 301 g/mol. The van der Waals surface area contributed by atoms with Crippen LogP contribution >= 0.6 is 23.6 Å². The van der Waals surface area contributed by atoms with Crippen molar-refractivity contribution in [3.8, 4) is 10.9 Å². The molecule has 0 aliphatic carbocycles. The van der Waals surface area contributed by atoms with Crippen molar-refractivity contribution >= 4 is 38.8 Å². The van der Waals surface area contributed by atoms with E-state index < -0.39 is 0 Å². The molecule has 0 bridgehead atoms. The first-order chi connectivity index (χ1) is 9.76. The van der Waals surface area contributed by atoms with Crippen molar-refractivity contribution in [1.82, 2.24) is 4.98 Å². The Labute approximate surface area is 125 Å². The van der Waals surface area contributed by atoms with Gasteiger partial charge in [-0.3, -0.25) is 0 Å². The normalized spacial score (nSPS) is 10.4. The van der Waals surface area contributed by atoms with E-state index in [0.717, 1.165) is 21.5 Å². The molecule has 0 amide bonds. The Morgan fingerprint density at radius 2 is 1.85 bits per heavy atom. The van der Waals surface area contributed by atoms with Gasteiger partial charge in [0.25, 0.3) is 5.19 Å². The molecule has 20 heavy (non-hydrogen) atoms. The van der Waals surface area contributed by atoms with E-state index in [2.05, 4.69) is 4.98 Å². The van der Waals surface area contributed by atoms with Crippen LogP contribution in [-0.2, 0) is 0 Å². The molecule has 2 aromatic carbocycles. The van der Waals surface area contributed by atoms with E-state index in [1.165, 1.54) is 11.3 Å². The Hall–Kier alpha value is -1.98. The molecule has 3 nitrogen and oxygen atoms in total. The Morgan fingerprint density at radius 3 is 2.55 bits per heavy atom. The Kier molecular flexibility index (Phi) is 3.62. The van der Waals surface area contributed by atoms with Crippen LogP contribution in [0.4, 0.5) is 0 Å². The minimum atomic E-state index is 0.409. The number of hydrogen-bond donors (Lipinski definition) is 0. The molecule has 1 heterocycles. The largest absolute Gasteiger partial charge is 0.497 e. The first-order valence-corrected chi connectivity index (χ1v) is 7.20. The van der Waals surface area contributed by atoms with Crippen LogP contribution in [0.5, 0.6) is 10.9 Å². The number of hydrogen-bond acceptors (Lipinski definition) is 5. The molecular weight excluding hydrogens is 290 g/mol. The summed E-state index contributed by atoms with van der Waals surface area (Å²) in [7, 11) is 1.63. The molecule has 3 aromatic rings. The van der Waals surface area contributed by atoms with Crippen molar-refractivity contribution in [2.24, 2.45) is 0 Å². The van der Waals surface area contributed by atoms with Crippen LogP contribution in [0, 0.1) is 0 Å². The molecule has 0 aliphatic heterocycles. The van der Waals surface area contributed by atoms with Crippen LogP contribution in [-0.4, -0.2) is 17.1 Å². The third-order valence-corrected chi connectivity index (χ3v) is 4.01. The van der Waals surface area contributed by atoms with Crippen LogP contribution in [0.25, 0.3) is 10.2 Å². The molecule has 0 spiro atoms. The highest BCUT2D eigenvalue weighted by Crippen LogP contribution is 2.28. The molecule has 5 heteroatoms. The molecule has 0 saturated carbocycles. The van der Waals surface area contributed by atoms with E-state index in [4.69, 9.17) is 21.7 Å². The summed E-state index contributed by atoms with van der Waals surface area (Å²) in [6.07, 6.45) is 0. The Morgan fingerprint density at radius 1 is 1.10 bits per heavy atom. The van der Waals surface area contributed by atoms with E-state index in [9.17, 15) is 0 Å². The summed E-state index contributed by atoms with van der Waals surface area (Å²) in [5.74, 6) is 0.788. The van der Waals surface area contributed by atoms with Crippen LogP contribution in [0.3, 0.4) is 0 Å². The fourth-order valence-electron chi connectivity index (χ4n) is 1.76. The van der Waals surface area contributed by atoms with Crippen LogP contribution < -0.4 is 9.47 Å². The SMILES string of the molecule is COc1ccc(C(=S)Oc2nc3ccccc3s2)cc1. The molecule has 0 radical (unpaired) electrons. The van der Waals surface area contributed by atoms with Crippen molar-refractivity contribution in [2.45, 2.75) is 0 Å². The maximum atomic E-state index is 5.66. The number of fused-ring (bicyclic) bond motifs is 1. The summed E-state index contributed by atoms with van der Waals surface area (Å²) in [6, 6.07) is 15.3. The van der Waals surface area contributed by atoms with Gasteiger partial charge in [0.2, 0.25) is 5.05 Å². The number of thiazole rings is 1. The van der Waals surface area contributed by atoms with Crippen molar-refractivity contribution in [2.75, 3.05) is 7.11 Å². The van der Waals surface area contributed by atoms with Gasteiger partial charge in [-0.25, -0.2) is 4.98 Å². The first kappa shape index (κ1) is 13.0. The van der Waals surface area contributed by atoms with Gasteiger partial charge in [0.05, 0.1) is 17.3 Å². The molecule has 0 fully saturated rings. The Balaban J connectivity index is 1.80. The number of nitrogens with zero attached hydrogens (tertiary/aromatic N) is 1. The van der Waals surface area contributed by atoms with Gasteiger partial charge in [0.1, 0.15) is 5.75 Å². The third-order valence-electron chi connectivity index (χ3n) is 2.78. The maximum Gasteiger partial charge on any atom is 0.280 e. The van der Waals surface area contributed by atoms with Gasteiger partial charge in [-0.1, -0.05) is 23.5 Å². The van der Waals surface area contributed by atoms with Gasteiger partial charge in [-0.15, -0.1) is 0 Å². The predicted octanol–water partition coefficient (Wildman–Crippen LogP) is 4.06. The lowest BCUT2D eigenvalue weighted by Gasteiger charge is -2.04. The highest BCUT2D eigenvalue weighted by Gasteiger charge is 2.09. The smallest absolute Gasteiger partial charge is 0.280 e. The molecule has 100 valence electrons. The van der Waals surface area contributed by atoms with E-state index >= 15 is 0 Å². The number of ether oxygens (including phenoxy) is 2. The van der Waals surface area contributed by atoms with E-state index in [1.807, 2.05) is 48.5 Å². The van der Waals surface area contributed by atoms with E-state index in [1.54, 1.807) is 7.11 Å². The summed E-state index contributed by atoms with van der Waals surface area (Å²) in [4.78, 5) is 4.40. The zero-order chi connectivity index (χ0) is 13.9. The zero-order valence-corrected chi connectivity index (χ0v) is 12.3. The average Bonchev–Trinajstić information content (AvgIpc) is 2.89. The number of rotatable bonds is 3. The number of benzene rings is 2. The Bertz CT molecular complexity index is 717. The maximum absolute atomic E-state index is 5.66. The lowest BCUT2D eigenvalue weighted by Crippen LogP contribution is -2.06. The molecule has 0 N–H and O–H groups in total. The molecule has 0 atom stereocenters. The summed E-state index contributed by atoms with van der Waals surface area (Å²) < 4.78 is 11.9. The van der Waals surface area contributed by atoms with Gasteiger partial charge in [-0.2, -0.15) is 0 Å². The second kappa shape index (κ2) is 5.56. The highest BCUT2D eigenvalue weighted by atomic mass is 32.1. The fraction of sp³-hybridized carbons (Fsp3) is 0.0667. The van der Waals surface area contributed by atoms with Crippen LogP contribution in [0.1, 0.15) is 5.56 Å². The van der Waals surface area contributed by atoms with Crippen molar-refractivity contribution in [3.05, 3.63) is 54.1 Å². The first-order valence-electron chi connectivity index (χ1n) is 5.98. The second-order valence-electron chi connectivity index (χ2n) is 4.07. The summed E-state index contributed by atoms with van der Waals surface area (Å²) in [5, 5.41) is 0.971. The lowest BCUT2D eigenvalue weighted by molar-refractivity contribution is 0.414. The molecular formula is C15H11NO2S2. The quantitative estimate of drug-likeness (QED) is 0.683. The summed E-state index contributed by atoms with van der Waals surface area (Å²) >= 11 is 6.77. The number of aromatic nitrogens is 1. The van der Waals surface area contributed by atoms with Gasteiger partial charge in [0, 0.05) is 5.56 Å². The molecule has 3 rings (SSSR count). The zero-order valence-electron chi connectivity index (χ0n) is 10.7. The van der Waals surface area contributed by atoms with Crippen molar-refractivity contribution < 1.29 is 9.47 Å². The number of para-hydroxylation sites is 1. The van der Waals surface area contributed by atoms with Crippen molar-refractivity contribution in [3.63, 3.8) is 0 Å². The molecule has 0 unspecified atom stereocenters. The van der Waals surface area contributed by atoms with Gasteiger partial charge in [0.15, 0.2) is 0 Å². The van der Waals surface area contributed by atoms with Gasteiger partial charge < -0.3 is 9.47 Å². The van der Waals surface area contributed by atoms with Crippen LogP contribution in [0.15, 0.2) is 48.5 Å². The van der Waals surface area contributed by atoms with Gasteiger partial charge in [-0.05, 0) is 48.6 Å². The fourth-order valence-corrected chi connectivity index (χ4v) is 2.85. The predicted molar refractivity (Wildman–Crippen MR) is 84.9 cm³/mol. The number of methoxy groups -OCH3 is 1. The molecule has 0 saturated heterocycles. The van der Waals surface area contributed by atoms with Crippen molar-refractivity contribution in [1.29, 1.82) is 0 Å². The summed E-state index contributed by atoms with van der Waals surface area (Å²) in [6.45, 7) is 0. The molecule has 0 aliphatic rings. The highest BCUT2D eigenvalue weighted by molar-refractivity contribution is 7.80. The third kappa shape index (κ3) is 2.64. The standard InChI is InChI=1S/C15H11NO2S2/c1-17-11-8-6-10(7-9-11)14(19)18-15-16-12-4-2-3-5-13(12)20-15/h2-9H,1H3. The minimum absolute atomic E-state index is 0.409. The minimum Gasteiger partial charge on any atom is -0.497 e. The van der Waals surface area contributed by atoms with Crippen LogP contribution in [0.2, 0.25) is 0 Å². The second-order valence-corrected chi connectivity index (χ2v) is 5.43. The topological polar surface area (TPSA) is 31.4 Å². The van der Waals surface area contributed by atoms with E-state index in [0.29, 0.717) is 10.2 Å². The molecule has 1 aromatic heterocycles.